The minimum Gasteiger partial charge on any atom is -0.222 e. The van der Waals surface area contributed by atoms with Gasteiger partial charge in [-0.25, -0.2) is 13.5 Å². The van der Waals surface area contributed by atoms with E-state index in [-0.39, 0.29) is 10.8 Å². The molecule has 2 aromatic rings. The number of aromatic nitrogens is 2. The number of benzene rings is 1. The highest BCUT2D eigenvalue weighted by Gasteiger charge is 2.15. The summed E-state index contributed by atoms with van der Waals surface area (Å²) in [5, 5.41) is 3.94. The third kappa shape index (κ3) is 2.07. The Labute approximate surface area is 96.5 Å². The fourth-order valence-electron chi connectivity index (χ4n) is 1.42. The number of hydrogen-bond donors (Lipinski definition) is 0. The van der Waals surface area contributed by atoms with Crippen LogP contribution in [-0.2, 0) is 0 Å². The van der Waals surface area contributed by atoms with Crippen LogP contribution >= 0.6 is 11.6 Å². The van der Waals surface area contributed by atoms with Crippen LogP contribution in [0.15, 0.2) is 30.3 Å². The molecule has 0 aliphatic heterocycles. The Morgan fingerprint density at radius 3 is 2.62 bits per heavy atom. The molecule has 0 amide bonds. The molecule has 0 saturated carbocycles. The molecule has 5 heteroatoms. The second-order valence-electron chi connectivity index (χ2n) is 3.44. The fraction of sp³-hybridized carbons (Fsp3) is 0.182. The highest BCUT2D eigenvalue weighted by Crippen LogP contribution is 2.24. The van der Waals surface area contributed by atoms with E-state index < -0.39 is 6.43 Å². The van der Waals surface area contributed by atoms with Crippen LogP contribution in [0.25, 0.3) is 5.69 Å². The number of halogens is 3. The van der Waals surface area contributed by atoms with Crippen molar-refractivity contribution < 1.29 is 8.78 Å². The third-order valence-corrected chi connectivity index (χ3v) is 2.42. The van der Waals surface area contributed by atoms with Gasteiger partial charge in [0.15, 0.2) is 0 Å². The lowest BCUT2D eigenvalue weighted by molar-refractivity contribution is 0.145. The van der Waals surface area contributed by atoms with Crippen LogP contribution in [0, 0.1) is 6.92 Å². The summed E-state index contributed by atoms with van der Waals surface area (Å²) in [4.78, 5) is 0. The maximum absolute atomic E-state index is 12.4. The molecule has 16 heavy (non-hydrogen) atoms. The van der Waals surface area contributed by atoms with Gasteiger partial charge in [-0.2, -0.15) is 5.10 Å². The van der Waals surface area contributed by atoms with Gasteiger partial charge in [-0.1, -0.05) is 23.7 Å². The van der Waals surface area contributed by atoms with Crippen molar-refractivity contribution in [2.45, 2.75) is 13.3 Å². The number of aryl methyl sites for hydroxylation is 1. The zero-order chi connectivity index (χ0) is 11.7. The molecule has 2 nitrogen and oxygen atoms in total. The Morgan fingerprint density at radius 1 is 1.31 bits per heavy atom. The fourth-order valence-corrected chi connectivity index (χ4v) is 1.67. The van der Waals surface area contributed by atoms with E-state index in [1.807, 2.05) is 25.1 Å². The van der Waals surface area contributed by atoms with Gasteiger partial charge in [-0.05, 0) is 24.6 Å². The third-order valence-electron chi connectivity index (χ3n) is 2.15. The highest BCUT2D eigenvalue weighted by molar-refractivity contribution is 6.29. The summed E-state index contributed by atoms with van der Waals surface area (Å²) >= 11 is 5.84. The van der Waals surface area contributed by atoms with Crippen LogP contribution in [0.2, 0.25) is 5.15 Å². The Kier molecular flexibility index (Phi) is 2.92. The molecule has 0 aliphatic carbocycles. The first-order chi connectivity index (χ1) is 7.58. The second kappa shape index (κ2) is 4.22. The lowest BCUT2D eigenvalue weighted by atomic mass is 10.2. The first-order valence-electron chi connectivity index (χ1n) is 4.68. The number of nitrogens with zero attached hydrogens (tertiary/aromatic N) is 2. The van der Waals surface area contributed by atoms with Gasteiger partial charge in [-0.15, -0.1) is 0 Å². The summed E-state index contributed by atoms with van der Waals surface area (Å²) in [6.07, 6.45) is -2.61. The summed E-state index contributed by atoms with van der Waals surface area (Å²) < 4.78 is 26.1. The van der Waals surface area contributed by atoms with Crippen LogP contribution in [0.4, 0.5) is 8.78 Å². The van der Waals surface area contributed by atoms with Gasteiger partial charge >= 0.3 is 0 Å². The minimum atomic E-state index is -2.61. The van der Waals surface area contributed by atoms with Crippen molar-refractivity contribution in [3.05, 3.63) is 46.7 Å². The van der Waals surface area contributed by atoms with Crippen LogP contribution in [0.1, 0.15) is 17.7 Å². The van der Waals surface area contributed by atoms with Crippen molar-refractivity contribution in [2.24, 2.45) is 0 Å². The van der Waals surface area contributed by atoms with Crippen molar-refractivity contribution >= 4 is 11.6 Å². The van der Waals surface area contributed by atoms with E-state index in [0.29, 0.717) is 5.69 Å². The number of alkyl halides is 2. The smallest absolute Gasteiger partial charge is 0.222 e. The van der Waals surface area contributed by atoms with Crippen LogP contribution in [0.3, 0.4) is 0 Å². The average Bonchev–Trinajstić information content (AvgIpc) is 2.60. The predicted octanol–water partition coefficient (Wildman–Crippen LogP) is 3.77. The lowest BCUT2D eigenvalue weighted by Crippen LogP contribution is -1.98. The zero-order valence-electron chi connectivity index (χ0n) is 8.49. The van der Waals surface area contributed by atoms with E-state index >= 15 is 0 Å². The molecule has 0 atom stereocenters. The molecule has 0 radical (unpaired) electrons. The summed E-state index contributed by atoms with van der Waals surface area (Å²) in [7, 11) is 0. The Balaban J connectivity index is 2.48. The van der Waals surface area contributed by atoms with Crippen molar-refractivity contribution in [2.75, 3.05) is 0 Å². The van der Waals surface area contributed by atoms with Crippen molar-refractivity contribution in [3.8, 4) is 5.69 Å². The van der Waals surface area contributed by atoms with Crippen molar-refractivity contribution in [1.29, 1.82) is 0 Å². The first-order valence-corrected chi connectivity index (χ1v) is 5.06. The summed E-state index contributed by atoms with van der Waals surface area (Å²) in [5.74, 6) is 0. The van der Waals surface area contributed by atoms with Crippen LogP contribution in [-0.4, -0.2) is 9.78 Å². The molecule has 0 N–H and O–H groups in total. The van der Waals surface area contributed by atoms with Crippen molar-refractivity contribution in [3.63, 3.8) is 0 Å². The second-order valence-corrected chi connectivity index (χ2v) is 3.83. The predicted molar refractivity (Wildman–Crippen MR) is 58.3 cm³/mol. The van der Waals surface area contributed by atoms with Gasteiger partial charge < -0.3 is 0 Å². The molecule has 0 fully saturated rings. The number of rotatable bonds is 2. The molecule has 2 rings (SSSR count). The normalized spacial score (nSPS) is 11.1. The van der Waals surface area contributed by atoms with Crippen LogP contribution in [0.5, 0.6) is 0 Å². The Hall–Kier alpha value is -1.42. The molecule has 0 bridgehead atoms. The largest absolute Gasteiger partial charge is 0.282 e. The van der Waals surface area contributed by atoms with Gasteiger partial charge in [0, 0.05) is 6.07 Å². The molecule has 1 heterocycles. The van der Waals surface area contributed by atoms with Gasteiger partial charge in [0.05, 0.1) is 5.69 Å². The minimum absolute atomic E-state index is 0.181. The maximum Gasteiger partial charge on any atom is 0.282 e. The quantitative estimate of drug-likeness (QED) is 0.784. The van der Waals surface area contributed by atoms with Gasteiger partial charge in [0.25, 0.3) is 6.43 Å². The van der Waals surface area contributed by atoms with E-state index in [9.17, 15) is 8.78 Å². The molecule has 84 valence electrons. The van der Waals surface area contributed by atoms with Gasteiger partial charge in [0.1, 0.15) is 10.8 Å². The average molecular weight is 243 g/mol. The monoisotopic (exact) mass is 242 g/mol. The van der Waals surface area contributed by atoms with E-state index in [2.05, 4.69) is 5.10 Å². The summed E-state index contributed by atoms with van der Waals surface area (Å²) in [6, 6.07) is 8.50. The topological polar surface area (TPSA) is 17.8 Å². The van der Waals surface area contributed by atoms with Crippen LogP contribution < -0.4 is 0 Å². The molecule has 0 aliphatic rings. The van der Waals surface area contributed by atoms with E-state index in [1.54, 1.807) is 6.07 Å². The van der Waals surface area contributed by atoms with E-state index in [1.165, 1.54) is 10.7 Å². The molecular formula is C11H9ClF2N2. The SMILES string of the molecule is Cc1cccc(-n2nc(C(F)F)cc2Cl)c1. The Bertz CT molecular complexity index is 508. The molecule has 0 saturated heterocycles. The van der Waals surface area contributed by atoms with Gasteiger partial charge in [0.2, 0.25) is 0 Å². The highest BCUT2D eigenvalue weighted by atomic mass is 35.5. The van der Waals surface area contributed by atoms with Crippen molar-refractivity contribution in [1.82, 2.24) is 9.78 Å². The Morgan fingerprint density at radius 2 is 2.06 bits per heavy atom. The molecule has 0 spiro atoms. The lowest BCUT2D eigenvalue weighted by Gasteiger charge is -2.03. The molecule has 1 aromatic heterocycles. The van der Waals surface area contributed by atoms with E-state index in [0.717, 1.165) is 5.56 Å². The summed E-state index contributed by atoms with van der Waals surface area (Å²) in [5.41, 5.74) is 1.38. The molecule has 0 unspecified atom stereocenters. The zero-order valence-corrected chi connectivity index (χ0v) is 9.25. The standard InChI is InChI=1S/C11H9ClF2N2/c1-7-3-2-4-8(5-7)16-10(12)6-9(15-16)11(13)14/h2-6,11H,1H3. The maximum atomic E-state index is 12.4. The molecular weight excluding hydrogens is 234 g/mol. The summed E-state index contributed by atoms with van der Waals surface area (Å²) in [6.45, 7) is 1.91. The molecule has 1 aromatic carbocycles. The van der Waals surface area contributed by atoms with E-state index in [4.69, 9.17) is 11.6 Å². The number of hydrogen-bond acceptors (Lipinski definition) is 1. The van der Waals surface area contributed by atoms with Gasteiger partial charge in [-0.3, -0.25) is 0 Å². The first kappa shape index (κ1) is 11.1.